The quantitative estimate of drug-likeness (QED) is 0.164. The molecule has 0 N–H and O–H groups in total. The highest BCUT2D eigenvalue weighted by atomic mass is 32.1. The zero-order chi connectivity index (χ0) is 38.3. The average Bonchev–Trinajstić information content (AvgIpc) is 3.92. The lowest BCUT2D eigenvalue weighted by Gasteiger charge is -2.16. The highest BCUT2D eigenvalue weighted by Gasteiger charge is 2.27. The Morgan fingerprint density at radius 1 is 0.390 bits per heavy atom. The first-order chi connectivity index (χ1) is 29.3. The van der Waals surface area contributed by atoms with Gasteiger partial charge in [-0.25, -0.2) is 9.97 Å². The third-order valence-electron chi connectivity index (χ3n) is 12.6. The van der Waals surface area contributed by atoms with Gasteiger partial charge in [-0.1, -0.05) is 140 Å². The van der Waals surface area contributed by atoms with Crippen LogP contribution in [0, 0.1) is 0 Å². The second-order valence-corrected chi connectivity index (χ2v) is 16.7. The molecule has 0 bridgehead atoms. The molecule has 0 fully saturated rings. The fraction of sp³-hybridized carbons (Fsp3) is 0. The molecule has 59 heavy (non-hydrogen) atoms. The number of thiophene rings is 1. The van der Waals surface area contributed by atoms with E-state index in [2.05, 4.69) is 191 Å². The first kappa shape index (κ1) is 31.5. The van der Waals surface area contributed by atoms with Crippen LogP contribution < -0.4 is 0 Å². The van der Waals surface area contributed by atoms with Crippen molar-refractivity contribution < 1.29 is 0 Å². The summed E-state index contributed by atoms with van der Waals surface area (Å²) >= 11 is 1.83. The second kappa shape index (κ2) is 11.5. The molecule has 0 radical (unpaired) electrons. The molecule has 272 valence electrons. The van der Waals surface area contributed by atoms with E-state index in [-0.39, 0.29) is 0 Å². The van der Waals surface area contributed by atoms with Crippen molar-refractivity contribution in [3.63, 3.8) is 0 Å². The fourth-order valence-corrected chi connectivity index (χ4v) is 11.3. The molecule has 1 aliphatic rings. The van der Waals surface area contributed by atoms with Crippen molar-refractivity contribution in [3.8, 4) is 45.0 Å². The van der Waals surface area contributed by atoms with Gasteiger partial charge in [0, 0.05) is 63.8 Å². The zero-order valence-corrected chi connectivity index (χ0v) is 32.3. The van der Waals surface area contributed by atoms with E-state index >= 15 is 0 Å². The Kier molecular flexibility index (Phi) is 6.14. The van der Waals surface area contributed by atoms with Crippen molar-refractivity contribution in [1.29, 1.82) is 0 Å². The highest BCUT2D eigenvalue weighted by molar-refractivity contribution is 7.25. The maximum absolute atomic E-state index is 5.70. The summed E-state index contributed by atoms with van der Waals surface area (Å²) < 4.78 is 7.40. The molecule has 0 spiro atoms. The van der Waals surface area contributed by atoms with E-state index in [9.17, 15) is 0 Å². The van der Waals surface area contributed by atoms with Crippen LogP contribution in [0.15, 0.2) is 182 Å². The number of nitrogens with zero attached hydrogens (tertiary/aromatic N) is 4. The van der Waals surface area contributed by atoms with Gasteiger partial charge in [0.2, 0.25) is 0 Å². The third-order valence-corrected chi connectivity index (χ3v) is 13.8. The molecule has 0 atom stereocenters. The van der Waals surface area contributed by atoms with Crippen molar-refractivity contribution in [2.75, 3.05) is 0 Å². The summed E-state index contributed by atoms with van der Waals surface area (Å²) in [7, 11) is 0. The van der Waals surface area contributed by atoms with Crippen molar-refractivity contribution in [2.24, 2.45) is 0 Å². The van der Waals surface area contributed by atoms with Crippen LogP contribution in [-0.4, -0.2) is 19.1 Å². The number of rotatable bonds is 2. The van der Waals surface area contributed by atoms with E-state index in [1.165, 1.54) is 80.7 Å². The third kappa shape index (κ3) is 4.16. The number of fused-ring (bicyclic) bond motifs is 17. The molecule has 0 saturated heterocycles. The van der Waals surface area contributed by atoms with Gasteiger partial charge in [-0.15, -0.1) is 11.3 Å². The van der Waals surface area contributed by atoms with Crippen molar-refractivity contribution in [1.82, 2.24) is 19.1 Å². The second-order valence-electron chi connectivity index (χ2n) is 15.7. The van der Waals surface area contributed by atoms with Crippen LogP contribution in [-0.2, 0) is 0 Å². The van der Waals surface area contributed by atoms with Crippen LogP contribution in [0.3, 0.4) is 0 Å². The molecule has 4 aromatic heterocycles. The molecular formula is C54H30N4S. The van der Waals surface area contributed by atoms with Gasteiger partial charge in [-0.3, -0.25) is 4.57 Å². The van der Waals surface area contributed by atoms with E-state index < -0.39 is 0 Å². The minimum absolute atomic E-state index is 0.825. The Morgan fingerprint density at radius 3 is 1.92 bits per heavy atom. The normalized spacial score (nSPS) is 12.4. The summed E-state index contributed by atoms with van der Waals surface area (Å²) in [5.41, 5.74) is 14.5. The molecule has 5 heterocycles. The lowest BCUT2D eigenvalue weighted by molar-refractivity contribution is 1.08. The Balaban J connectivity index is 1.16. The van der Waals surface area contributed by atoms with Crippen molar-refractivity contribution >= 4 is 96.9 Å². The number of hydrogen-bond donors (Lipinski definition) is 0. The van der Waals surface area contributed by atoms with E-state index in [1.54, 1.807) is 0 Å². The smallest absolute Gasteiger partial charge is 0.165 e. The van der Waals surface area contributed by atoms with Crippen LogP contribution in [0.5, 0.6) is 0 Å². The Bertz CT molecular complexity index is 3980. The number of benzene rings is 9. The summed E-state index contributed by atoms with van der Waals surface area (Å²) in [5.74, 6) is 0.825. The van der Waals surface area contributed by atoms with Gasteiger partial charge >= 0.3 is 0 Å². The largest absolute Gasteiger partial charge is 0.308 e. The molecule has 5 heteroatoms. The Labute approximate surface area is 341 Å². The molecule has 0 amide bonds. The summed E-state index contributed by atoms with van der Waals surface area (Å²) in [6.45, 7) is 0. The van der Waals surface area contributed by atoms with Gasteiger partial charge in [-0.05, 0) is 59.0 Å². The van der Waals surface area contributed by atoms with Crippen LogP contribution in [0.1, 0.15) is 0 Å². The van der Waals surface area contributed by atoms with E-state index in [0.29, 0.717) is 0 Å². The lowest BCUT2D eigenvalue weighted by atomic mass is 9.94. The molecule has 0 aliphatic carbocycles. The van der Waals surface area contributed by atoms with Gasteiger partial charge in [0.1, 0.15) is 5.69 Å². The minimum atomic E-state index is 0.825. The van der Waals surface area contributed by atoms with Gasteiger partial charge in [0.05, 0.1) is 38.8 Å². The van der Waals surface area contributed by atoms with Gasteiger partial charge in [0.25, 0.3) is 0 Å². The lowest BCUT2D eigenvalue weighted by Crippen LogP contribution is -2.04. The zero-order valence-electron chi connectivity index (χ0n) is 31.5. The maximum atomic E-state index is 5.70. The van der Waals surface area contributed by atoms with Crippen LogP contribution >= 0.6 is 11.3 Å². The standard InChI is InChI=1S/C54H30N4S/c1-2-14-32-31(13-1)27-28-43-51(32)56-52(40-22-12-26-49-50(40)39-19-7-10-25-48(39)59-49)54(55-43)58-45-24-9-6-18-36(45)41-29-46-42(30-47(41)58)38-21-11-20-37-34-16-4-3-15-33(34)35-17-5-8-23-44(35)57(46)53(37)38/h1-30H. The summed E-state index contributed by atoms with van der Waals surface area (Å²) in [6.07, 6.45) is 0. The van der Waals surface area contributed by atoms with Crippen LogP contribution in [0.2, 0.25) is 0 Å². The van der Waals surface area contributed by atoms with Gasteiger partial charge in [0.15, 0.2) is 5.82 Å². The molecule has 4 nitrogen and oxygen atoms in total. The molecule has 14 rings (SSSR count). The van der Waals surface area contributed by atoms with E-state index in [1.807, 2.05) is 11.3 Å². The molecular weight excluding hydrogens is 737 g/mol. The SMILES string of the molecule is c1ccc2c(c1)-c1ccccc1-n1c3cc4c5ccccc5n(-c5nc6ccc7ccccc7c6nc5-c5cccc6sc7ccccc7c56)c4cc3c3cccc-2c31. The van der Waals surface area contributed by atoms with Crippen molar-refractivity contribution in [3.05, 3.63) is 182 Å². The predicted octanol–water partition coefficient (Wildman–Crippen LogP) is 14.7. The highest BCUT2D eigenvalue weighted by Crippen LogP contribution is 2.49. The number of aromatic nitrogens is 4. The minimum Gasteiger partial charge on any atom is -0.308 e. The van der Waals surface area contributed by atoms with Crippen LogP contribution in [0.4, 0.5) is 0 Å². The predicted molar refractivity (Wildman–Crippen MR) is 248 cm³/mol. The molecule has 0 saturated carbocycles. The summed E-state index contributed by atoms with van der Waals surface area (Å²) in [4.78, 5) is 11.4. The summed E-state index contributed by atoms with van der Waals surface area (Å²) in [6, 6.07) is 66.3. The monoisotopic (exact) mass is 766 g/mol. The Morgan fingerprint density at radius 2 is 1.02 bits per heavy atom. The van der Waals surface area contributed by atoms with Crippen LogP contribution in [0.25, 0.3) is 131 Å². The molecule has 13 aromatic rings. The van der Waals surface area contributed by atoms with Gasteiger partial charge < -0.3 is 4.57 Å². The maximum Gasteiger partial charge on any atom is 0.165 e. The molecule has 0 unspecified atom stereocenters. The first-order valence-electron chi connectivity index (χ1n) is 20.1. The van der Waals surface area contributed by atoms with Gasteiger partial charge in [-0.2, -0.15) is 0 Å². The first-order valence-corrected chi connectivity index (χ1v) is 20.9. The number of para-hydroxylation sites is 3. The Hall–Kier alpha value is -7.60. The summed E-state index contributed by atoms with van der Waals surface area (Å²) in [5, 5.41) is 9.51. The fourth-order valence-electron chi connectivity index (χ4n) is 10.2. The number of hydrogen-bond acceptors (Lipinski definition) is 3. The molecule has 9 aromatic carbocycles. The van der Waals surface area contributed by atoms with E-state index in [4.69, 9.17) is 9.97 Å². The van der Waals surface area contributed by atoms with Crippen molar-refractivity contribution in [2.45, 2.75) is 0 Å². The average molecular weight is 767 g/mol. The molecule has 1 aliphatic heterocycles. The topological polar surface area (TPSA) is 35.6 Å². The van der Waals surface area contributed by atoms with E-state index in [0.717, 1.165) is 49.9 Å².